The molecule has 0 radical (unpaired) electrons. The molecule has 0 atom stereocenters. The summed E-state index contributed by atoms with van der Waals surface area (Å²) in [5.74, 6) is 1.04. The minimum atomic E-state index is 0.479. The minimum Gasteiger partial charge on any atom is -0.399 e. The molecule has 0 unspecified atom stereocenters. The predicted molar refractivity (Wildman–Crippen MR) is 76.9 cm³/mol. The second kappa shape index (κ2) is 4.77. The lowest BCUT2D eigenvalue weighted by Gasteiger charge is -1.99. The molecule has 3 rings (SSSR count). The number of benzene rings is 1. The molecule has 5 nitrogen and oxygen atoms in total. The van der Waals surface area contributed by atoms with Gasteiger partial charge in [-0.2, -0.15) is 4.98 Å². The molecule has 1 aromatic carbocycles. The first-order chi connectivity index (χ1) is 9.61. The van der Waals surface area contributed by atoms with E-state index in [0.717, 1.165) is 22.5 Å². The summed E-state index contributed by atoms with van der Waals surface area (Å²) in [4.78, 5) is 8.75. The smallest absolute Gasteiger partial charge is 0.258 e. The molecule has 0 aliphatic heterocycles. The molecule has 0 saturated heterocycles. The van der Waals surface area contributed by atoms with Crippen molar-refractivity contribution in [2.45, 2.75) is 13.8 Å². The van der Waals surface area contributed by atoms with Crippen LogP contribution >= 0.6 is 0 Å². The summed E-state index contributed by atoms with van der Waals surface area (Å²) < 4.78 is 5.30. The Bertz CT molecular complexity index is 727. The zero-order valence-corrected chi connectivity index (χ0v) is 11.3. The molecule has 0 aliphatic carbocycles. The van der Waals surface area contributed by atoms with E-state index in [1.807, 2.05) is 38.1 Å². The van der Waals surface area contributed by atoms with Crippen LogP contribution in [0.4, 0.5) is 5.69 Å². The Hall–Kier alpha value is -2.69. The van der Waals surface area contributed by atoms with E-state index in [4.69, 9.17) is 10.3 Å². The molecule has 5 heteroatoms. The quantitative estimate of drug-likeness (QED) is 0.721. The van der Waals surface area contributed by atoms with Gasteiger partial charge in [-0.3, -0.25) is 4.98 Å². The first-order valence-electron chi connectivity index (χ1n) is 6.27. The molecule has 100 valence electrons. The molecule has 0 fully saturated rings. The molecule has 2 heterocycles. The zero-order valence-electron chi connectivity index (χ0n) is 11.3. The van der Waals surface area contributed by atoms with Crippen LogP contribution in [0.15, 0.2) is 40.9 Å². The number of aromatic nitrogens is 3. The number of nitrogens with zero attached hydrogens (tertiary/aromatic N) is 3. The van der Waals surface area contributed by atoms with Gasteiger partial charge in [-0.05, 0) is 50.2 Å². The molecule has 0 bridgehead atoms. The van der Waals surface area contributed by atoms with Crippen molar-refractivity contribution < 1.29 is 4.52 Å². The van der Waals surface area contributed by atoms with E-state index >= 15 is 0 Å². The van der Waals surface area contributed by atoms with Crippen molar-refractivity contribution in [3.05, 3.63) is 47.8 Å². The van der Waals surface area contributed by atoms with E-state index in [2.05, 4.69) is 15.1 Å². The molecule has 0 spiro atoms. The summed E-state index contributed by atoms with van der Waals surface area (Å²) in [6.45, 7) is 3.88. The highest BCUT2D eigenvalue weighted by molar-refractivity contribution is 5.61. The number of rotatable bonds is 2. The highest BCUT2D eigenvalue weighted by atomic mass is 16.5. The van der Waals surface area contributed by atoms with Crippen LogP contribution < -0.4 is 5.73 Å². The summed E-state index contributed by atoms with van der Waals surface area (Å²) >= 11 is 0. The SMILES string of the molecule is Cc1cc(-c2noc(-c3ccc(N)cc3)n2)cc(C)n1. The van der Waals surface area contributed by atoms with E-state index < -0.39 is 0 Å². The third-order valence-corrected chi connectivity index (χ3v) is 2.92. The topological polar surface area (TPSA) is 77.8 Å². The number of anilines is 1. The van der Waals surface area contributed by atoms with Gasteiger partial charge in [-0.1, -0.05) is 5.16 Å². The van der Waals surface area contributed by atoms with Gasteiger partial charge >= 0.3 is 0 Å². The van der Waals surface area contributed by atoms with Crippen molar-refractivity contribution in [2.24, 2.45) is 0 Å². The van der Waals surface area contributed by atoms with Crippen LogP contribution in [-0.2, 0) is 0 Å². The van der Waals surface area contributed by atoms with E-state index in [9.17, 15) is 0 Å². The maximum absolute atomic E-state index is 5.66. The Morgan fingerprint density at radius 2 is 1.55 bits per heavy atom. The van der Waals surface area contributed by atoms with Gasteiger partial charge in [0, 0.05) is 28.2 Å². The number of hydrogen-bond donors (Lipinski definition) is 1. The Morgan fingerprint density at radius 3 is 2.20 bits per heavy atom. The second-order valence-electron chi connectivity index (χ2n) is 4.68. The molecule has 20 heavy (non-hydrogen) atoms. The lowest BCUT2D eigenvalue weighted by molar-refractivity contribution is 0.432. The standard InChI is InChI=1S/C15H14N4O/c1-9-7-12(8-10(2)17-9)14-18-15(20-19-14)11-3-5-13(16)6-4-11/h3-8H,16H2,1-2H3. The van der Waals surface area contributed by atoms with Crippen LogP contribution in [-0.4, -0.2) is 15.1 Å². The second-order valence-corrected chi connectivity index (χ2v) is 4.68. The molecule has 0 amide bonds. The molecule has 0 saturated carbocycles. The van der Waals surface area contributed by atoms with Crippen molar-refractivity contribution in [3.63, 3.8) is 0 Å². The van der Waals surface area contributed by atoms with Crippen LogP contribution in [0.1, 0.15) is 11.4 Å². The summed E-state index contributed by atoms with van der Waals surface area (Å²) in [5, 5.41) is 4.02. The van der Waals surface area contributed by atoms with Gasteiger partial charge in [-0.25, -0.2) is 0 Å². The Morgan fingerprint density at radius 1 is 0.900 bits per heavy atom. The van der Waals surface area contributed by atoms with Crippen molar-refractivity contribution in [3.8, 4) is 22.8 Å². The summed E-state index contributed by atoms with van der Waals surface area (Å²) in [7, 11) is 0. The van der Waals surface area contributed by atoms with Crippen molar-refractivity contribution in [1.82, 2.24) is 15.1 Å². The molecule has 3 aromatic rings. The van der Waals surface area contributed by atoms with Gasteiger partial charge in [-0.15, -0.1) is 0 Å². The van der Waals surface area contributed by atoms with Crippen molar-refractivity contribution in [2.75, 3.05) is 5.73 Å². The predicted octanol–water partition coefficient (Wildman–Crippen LogP) is 3.00. The average Bonchev–Trinajstić information content (AvgIpc) is 2.88. The van der Waals surface area contributed by atoms with Crippen LogP contribution in [0.25, 0.3) is 22.8 Å². The number of pyridine rings is 1. The van der Waals surface area contributed by atoms with E-state index in [1.54, 1.807) is 12.1 Å². The Labute approximate surface area is 116 Å². The number of nitrogen functional groups attached to an aromatic ring is 1. The monoisotopic (exact) mass is 266 g/mol. The Balaban J connectivity index is 1.99. The van der Waals surface area contributed by atoms with E-state index in [0.29, 0.717) is 17.4 Å². The van der Waals surface area contributed by atoms with E-state index in [-0.39, 0.29) is 0 Å². The molecular formula is C15H14N4O. The van der Waals surface area contributed by atoms with Gasteiger partial charge in [0.15, 0.2) is 0 Å². The number of nitrogens with two attached hydrogens (primary N) is 1. The minimum absolute atomic E-state index is 0.479. The van der Waals surface area contributed by atoms with Crippen LogP contribution in [0.3, 0.4) is 0 Å². The molecular weight excluding hydrogens is 252 g/mol. The molecule has 2 aromatic heterocycles. The van der Waals surface area contributed by atoms with E-state index in [1.165, 1.54) is 0 Å². The lowest BCUT2D eigenvalue weighted by Crippen LogP contribution is -1.89. The third kappa shape index (κ3) is 2.38. The summed E-state index contributed by atoms with van der Waals surface area (Å²) in [6, 6.07) is 11.2. The maximum Gasteiger partial charge on any atom is 0.258 e. The van der Waals surface area contributed by atoms with Gasteiger partial charge in [0.25, 0.3) is 5.89 Å². The van der Waals surface area contributed by atoms with Gasteiger partial charge < -0.3 is 10.3 Å². The van der Waals surface area contributed by atoms with Crippen LogP contribution in [0.2, 0.25) is 0 Å². The molecule has 0 aliphatic rings. The molecule has 2 N–H and O–H groups in total. The highest BCUT2D eigenvalue weighted by Crippen LogP contribution is 2.23. The highest BCUT2D eigenvalue weighted by Gasteiger charge is 2.11. The van der Waals surface area contributed by atoms with Crippen molar-refractivity contribution >= 4 is 5.69 Å². The van der Waals surface area contributed by atoms with Gasteiger partial charge in [0.1, 0.15) is 0 Å². The van der Waals surface area contributed by atoms with Crippen LogP contribution in [0, 0.1) is 13.8 Å². The normalized spacial score (nSPS) is 10.7. The number of aryl methyl sites for hydroxylation is 2. The first kappa shape index (κ1) is 12.3. The fourth-order valence-corrected chi connectivity index (χ4v) is 2.05. The zero-order chi connectivity index (χ0) is 14.1. The van der Waals surface area contributed by atoms with Crippen LogP contribution in [0.5, 0.6) is 0 Å². The summed E-state index contributed by atoms with van der Waals surface area (Å²) in [5.41, 5.74) is 9.97. The maximum atomic E-state index is 5.66. The Kier molecular flexibility index (Phi) is 2.95. The third-order valence-electron chi connectivity index (χ3n) is 2.92. The summed E-state index contributed by atoms with van der Waals surface area (Å²) in [6.07, 6.45) is 0. The number of hydrogen-bond acceptors (Lipinski definition) is 5. The largest absolute Gasteiger partial charge is 0.399 e. The van der Waals surface area contributed by atoms with Crippen molar-refractivity contribution in [1.29, 1.82) is 0 Å². The fourth-order valence-electron chi connectivity index (χ4n) is 2.05. The first-order valence-corrected chi connectivity index (χ1v) is 6.27. The van der Waals surface area contributed by atoms with Gasteiger partial charge in [0.2, 0.25) is 5.82 Å². The van der Waals surface area contributed by atoms with Gasteiger partial charge in [0.05, 0.1) is 0 Å². The lowest BCUT2D eigenvalue weighted by atomic mass is 10.2. The average molecular weight is 266 g/mol. The fraction of sp³-hybridized carbons (Fsp3) is 0.133.